The molecule has 8 heteroatoms. The van der Waals surface area contributed by atoms with Crippen molar-refractivity contribution in [1.82, 2.24) is 9.80 Å². The second-order valence-electron chi connectivity index (χ2n) is 7.58. The van der Waals surface area contributed by atoms with E-state index in [2.05, 4.69) is 10.2 Å². The van der Waals surface area contributed by atoms with E-state index >= 15 is 0 Å². The van der Waals surface area contributed by atoms with Crippen molar-refractivity contribution in [2.24, 2.45) is 5.92 Å². The highest BCUT2D eigenvalue weighted by Gasteiger charge is 2.29. The van der Waals surface area contributed by atoms with E-state index < -0.39 is 0 Å². The van der Waals surface area contributed by atoms with E-state index in [1.54, 1.807) is 12.1 Å². The van der Waals surface area contributed by atoms with Crippen molar-refractivity contribution in [3.63, 3.8) is 0 Å². The first-order valence-electron chi connectivity index (χ1n) is 9.89. The largest absolute Gasteiger partial charge is 0.342 e. The lowest BCUT2D eigenvalue weighted by atomic mass is 9.95. The summed E-state index contributed by atoms with van der Waals surface area (Å²) in [6, 6.07) is 3.09. The summed E-state index contributed by atoms with van der Waals surface area (Å²) in [5, 5.41) is 3.81. The number of benzene rings is 1. The maximum absolute atomic E-state index is 12.8. The van der Waals surface area contributed by atoms with Crippen LogP contribution >= 0.6 is 34.8 Å². The number of carbonyl (C=O) groups excluding carboxylic acids is 2. The van der Waals surface area contributed by atoms with Crippen LogP contribution in [0.2, 0.25) is 15.1 Å². The zero-order valence-electron chi connectivity index (χ0n) is 15.9. The van der Waals surface area contributed by atoms with Gasteiger partial charge < -0.3 is 10.2 Å². The number of hydrogen-bond donors (Lipinski definition) is 1. The number of nitrogens with one attached hydrogen (secondary N) is 1. The molecule has 154 valence electrons. The molecule has 2 aliphatic heterocycles. The predicted octanol–water partition coefficient (Wildman–Crippen LogP) is 4.70. The van der Waals surface area contributed by atoms with Gasteiger partial charge in [-0.25, -0.2) is 0 Å². The molecule has 1 aromatic carbocycles. The molecule has 0 spiro atoms. The Bertz CT molecular complexity index is 690. The van der Waals surface area contributed by atoms with E-state index in [4.69, 9.17) is 34.8 Å². The molecule has 0 bridgehead atoms. The molecule has 0 atom stereocenters. The van der Waals surface area contributed by atoms with E-state index in [-0.39, 0.29) is 18.4 Å². The summed E-state index contributed by atoms with van der Waals surface area (Å²) in [4.78, 5) is 29.3. The number of carbonyl (C=O) groups is 2. The Balaban J connectivity index is 1.47. The third-order valence-electron chi connectivity index (χ3n) is 5.49. The minimum atomic E-state index is -0.177. The lowest BCUT2D eigenvalue weighted by molar-refractivity contribution is -0.137. The molecule has 2 saturated heterocycles. The number of rotatable bonds is 4. The fourth-order valence-electron chi connectivity index (χ4n) is 3.93. The van der Waals surface area contributed by atoms with Crippen molar-refractivity contribution < 1.29 is 9.59 Å². The van der Waals surface area contributed by atoms with Gasteiger partial charge in [0, 0.05) is 24.0 Å². The van der Waals surface area contributed by atoms with Gasteiger partial charge in [0.2, 0.25) is 11.8 Å². The lowest BCUT2D eigenvalue weighted by Gasteiger charge is -2.33. The number of anilines is 1. The Kier molecular flexibility index (Phi) is 7.86. The third kappa shape index (κ3) is 5.76. The van der Waals surface area contributed by atoms with E-state index in [0.717, 1.165) is 51.9 Å². The van der Waals surface area contributed by atoms with Gasteiger partial charge in [-0.1, -0.05) is 47.6 Å². The van der Waals surface area contributed by atoms with Gasteiger partial charge in [0.25, 0.3) is 0 Å². The monoisotopic (exact) mass is 445 g/mol. The average molecular weight is 447 g/mol. The molecule has 28 heavy (non-hydrogen) atoms. The van der Waals surface area contributed by atoms with Crippen LogP contribution in [0.4, 0.5) is 5.69 Å². The number of piperidine rings is 1. The van der Waals surface area contributed by atoms with Gasteiger partial charge >= 0.3 is 0 Å². The van der Waals surface area contributed by atoms with Crippen LogP contribution in [-0.4, -0.2) is 54.3 Å². The normalized spacial score (nSPS) is 19.3. The number of nitrogens with zero attached hydrogens (tertiary/aromatic N) is 2. The van der Waals surface area contributed by atoms with Crippen molar-refractivity contribution >= 4 is 52.3 Å². The third-order valence-corrected chi connectivity index (χ3v) is 6.31. The number of likely N-dealkylation sites (tertiary alicyclic amines) is 2. The zero-order valence-corrected chi connectivity index (χ0v) is 18.1. The molecular formula is C20H26Cl3N3O2. The van der Waals surface area contributed by atoms with Crippen LogP contribution < -0.4 is 5.32 Å². The Morgan fingerprint density at radius 1 is 0.929 bits per heavy atom. The number of amides is 2. The Morgan fingerprint density at radius 3 is 2.07 bits per heavy atom. The van der Waals surface area contributed by atoms with Crippen LogP contribution in [0.1, 0.15) is 38.5 Å². The first kappa shape index (κ1) is 21.7. The van der Waals surface area contributed by atoms with E-state index in [1.807, 2.05) is 4.90 Å². The Hall–Kier alpha value is -1.01. The van der Waals surface area contributed by atoms with Crippen LogP contribution in [0.15, 0.2) is 12.1 Å². The molecule has 0 aromatic heterocycles. The molecule has 0 unspecified atom stereocenters. The predicted molar refractivity (Wildman–Crippen MR) is 114 cm³/mol. The minimum absolute atomic E-state index is 0.0811. The number of hydrogen-bond acceptors (Lipinski definition) is 3. The molecule has 5 nitrogen and oxygen atoms in total. The molecule has 2 amide bonds. The van der Waals surface area contributed by atoms with Gasteiger partial charge in [-0.05, 0) is 50.9 Å². The SMILES string of the molecule is O=C(CN1CCC(C(=O)N2CCCCCC2)CC1)Nc1c(Cl)cc(Cl)cc1Cl. The van der Waals surface area contributed by atoms with Crippen molar-refractivity contribution in [3.8, 4) is 0 Å². The second-order valence-corrected chi connectivity index (χ2v) is 8.83. The summed E-state index contributed by atoms with van der Waals surface area (Å²) >= 11 is 18.1. The molecule has 0 aliphatic carbocycles. The van der Waals surface area contributed by atoms with Gasteiger partial charge in [0.15, 0.2) is 0 Å². The lowest BCUT2D eigenvalue weighted by Crippen LogP contribution is -2.44. The van der Waals surface area contributed by atoms with Gasteiger partial charge in [-0.15, -0.1) is 0 Å². The summed E-state index contributed by atoms with van der Waals surface area (Å²) in [5.74, 6) is 0.201. The molecule has 2 aliphatic rings. The highest BCUT2D eigenvalue weighted by atomic mass is 35.5. The molecule has 3 rings (SSSR count). The fraction of sp³-hybridized carbons (Fsp3) is 0.600. The molecule has 2 fully saturated rings. The Morgan fingerprint density at radius 2 is 1.50 bits per heavy atom. The standard InChI is InChI=1S/C20H26Cl3N3O2/c21-15-11-16(22)19(17(23)12-15)24-18(27)13-25-9-5-14(6-10-25)20(28)26-7-3-1-2-4-8-26/h11-12,14H,1-10,13H2,(H,24,27). The van der Waals surface area contributed by atoms with Crippen LogP contribution in [0, 0.1) is 5.92 Å². The van der Waals surface area contributed by atoms with E-state index in [1.165, 1.54) is 12.8 Å². The van der Waals surface area contributed by atoms with Crippen LogP contribution in [0.3, 0.4) is 0 Å². The summed E-state index contributed by atoms with van der Waals surface area (Å²) in [6.07, 6.45) is 6.26. The number of halogens is 3. The second kappa shape index (κ2) is 10.1. The zero-order chi connectivity index (χ0) is 20.1. The van der Waals surface area contributed by atoms with Crippen LogP contribution in [0.5, 0.6) is 0 Å². The highest BCUT2D eigenvalue weighted by molar-refractivity contribution is 6.42. The molecule has 2 heterocycles. The quantitative estimate of drug-likeness (QED) is 0.729. The average Bonchev–Trinajstić information content (AvgIpc) is 2.94. The van der Waals surface area contributed by atoms with Gasteiger partial charge in [-0.2, -0.15) is 0 Å². The molecule has 1 N–H and O–H groups in total. The van der Waals surface area contributed by atoms with Crippen molar-refractivity contribution in [2.75, 3.05) is 38.0 Å². The van der Waals surface area contributed by atoms with Crippen molar-refractivity contribution in [1.29, 1.82) is 0 Å². The van der Waals surface area contributed by atoms with E-state index in [0.29, 0.717) is 26.7 Å². The van der Waals surface area contributed by atoms with E-state index in [9.17, 15) is 9.59 Å². The van der Waals surface area contributed by atoms with Gasteiger partial charge in [0.05, 0.1) is 22.3 Å². The van der Waals surface area contributed by atoms with Gasteiger partial charge in [-0.3, -0.25) is 14.5 Å². The topological polar surface area (TPSA) is 52.7 Å². The van der Waals surface area contributed by atoms with Crippen molar-refractivity contribution in [2.45, 2.75) is 38.5 Å². The van der Waals surface area contributed by atoms with Crippen molar-refractivity contribution in [3.05, 3.63) is 27.2 Å². The highest BCUT2D eigenvalue weighted by Crippen LogP contribution is 2.33. The fourth-order valence-corrected chi connectivity index (χ4v) is 4.84. The first-order chi connectivity index (χ1) is 13.4. The molecular weight excluding hydrogens is 421 g/mol. The summed E-state index contributed by atoms with van der Waals surface area (Å²) < 4.78 is 0. The maximum atomic E-state index is 12.8. The maximum Gasteiger partial charge on any atom is 0.238 e. The summed E-state index contributed by atoms with van der Waals surface area (Å²) in [6.45, 7) is 3.51. The summed E-state index contributed by atoms with van der Waals surface area (Å²) in [7, 11) is 0. The Labute approximate surface area is 181 Å². The van der Waals surface area contributed by atoms with Crippen LogP contribution in [-0.2, 0) is 9.59 Å². The smallest absolute Gasteiger partial charge is 0.238 e. The molecule has 0 saturated carbocycles. The molecule has 1 aromatic rings. The summed E-state index contributed by atoms with van der Waals surface area (Å²) in [5.41, 5.74) is 0.379. The minimum Gasteiger partial charge on any atom is -0.342 e. The van der Waals surface area contributed by atoms with Crippen LogP contribution in [0.25, 0.3) is 0 Å². The van der Waals surface area contributed by atoms with Gasteiger partial charge in [0.1, 0.15) is 0 Å². The molecule has 0 radical (unpaired) electrons. The first-order valence-corrected chi connectivity index (χ1v) is 11.0.